The normalized spacial score (nSPS) is 20.8. The van der Waals surface area contributed by atoms with Crippen LogP contribution in [-0.4, -0.2) is 35.5 Å². The summed E-state index contributed by atoms with van der Waals surface area (Å²) >= 11 is 1.59. The fourth-order valence-electron chi connectivity index (χ4n) is 3.13. The molecule has 2 amide bonds. The topological polar surface area (TPSA) is 58.6 Å². The van der Waals surface area contributed by atoms with Gasteiger partial charge < -0.3 is 15.0 Å². The summed E-state index contributed by atoms with van der Waals surface area (Å²) in [6.45, 7) is 4.31. The van der Waals surface area contributed by atoms with E-state index < -0.39 is 12.1 Å². The predicted octanol–water partition coefficient (Wildman–Crippen LogP) is 2.74. The lowest BCUT2D eigenvalue weighted by atomic mass is 9.96. The van der Waals surface area contributed by atoms with E-state index in [4.69, 9.17) is 4.74 Å². The molecule has 1 fully saturated rings. The molecule has 1 N–H and O–H groups in total. The summed E-state index contributed by atoms with van der Waals surface area (Å²) in [7, 11) is 0. The minimum atomic E-state index is -0.720. The lowest BCUT2D eigenvalue weighted by Crippen LogP contribution is -2.56. The van der Waals surface area contributed by atoms with Crippen molar-refractivity contribution in [3.05, 3.63) is 58.3 Å². The van der Waals surface area contributed by atoms with Crippen molar-refractivity contribution in [2.24, 2.45) is 0 Å². The summed E-state index contributed by atoms with van der Waals surface area (Å²) in [5.41, 5.74) is 0.903. The Morgan fingerprint density at radius 1 is 1.28 bits per heavy atom. The predicted molar refractivity (Wildman–Crippen MR) is 97.1 cm³/mol. The summed E-state index contributed by atoms with van der Waals surface area (Å²) in [5.74, 6) is -0.286. The number of ether oxygens (including phenoxy) is 1. The van der Waals surface area contributed by atoms with Crippen molar-refractivity contribution in [1.82, 2.24) is 10.2 Å². The van der Waals surface area contributed by atoms with Gasteiger partial charge in [0, 0.05) is 10.9 Å². The van der Waals surface area contributed by atoms with Gasteiger partial charge in [0.1, 0.15) is 6.61 Å². The number of hydrogen-bond donors (Lipinski definition) is 1. The zero-order valence-corrected chi connectivity index (χ0v) is 15.2. The van der Waals surface area contributed by atoms with Gasteiger partial charge in [-0.05, 0) is 30.9 Å². The van der Waals surface area contributed by atoms with Crippen LogP contribution >= 0.6 is 11.3 Å². The van der Waals surface area contributed by atoms with Crippen LogP contribution in [0.5, 0.6) is 0 Å². The molecule has 5 nitrogen and oxygen atoms in total. The van der Waals surface area contributed by atoms with E-state index in [2.05, 4.69) is 5.32 Å². The van der Waals surface area contributed by atoms with Gasteiger partial charge in [-0.15, -0.1) is 11.3 Å². The van der Waals surface area contributed by atoms with E-state index in [0.29, 0.717) is 6.54 Å². The van der Waals surface area contributed by atoms with E-state index in [1.54, 1.807) is 16.2 Å². The van der Waals surface area contributed by atoms with Gasteiger partial charge in [-0.2, -0.15) is 0 Å². The van der Waals surface area contributed by atoms with E-state index in [-0.39, 0.29) is 24.5 Å². The Kier molecular flexibility index (Phi) is 5.50. The number of nitrogens with one attached hydrogen (secondary N) is 1. The molecular formula is C19H22N2O3S. The van der Waals surface area contributed by atoms with Crippen LogP contribution in [0.2, 0.25) is 0 Å². The average molecular weight is 358 g/mol. The molecule has 0 aliphatic carbocycles. The SMILES string of the molecule is CC(C)N1C(=O)CO[C@H](C(=O)NCc2cccs2)[C@H]1c1ccccc1. The average Bonchev–Trinajstić information content (AvgIpc) is 3.13. The van der Waals surface area contributed by atoms with Crippen LogP contribution in [0.4, 0.5) is 0 Å². The molecule has 2 aromatic rings. The maximum atomic E-state index is 12.8. The summed E-state index contributed by atoms with van der Waals surface area (Å²) in [4.78, 5) is 28.0. The zero-order chi connectivity index (χ0) is 17.8. The van der Waals surface area contributed by atoms with Crippen molar-refractivity contribution >= 4 is 23.2 Å². The van der Waals surface area contributed by atoms with Crippen molar-refractivity contribution < 1.29 is 14.3 Å². The number of amides is 2. The molecule has 6 heteroatoms. The number of hydrogen-bond acceptors (Lipinski definition) is 4. The third-order valence-electron chi connectivity index (χ3n) is 4.23. The van der Waals surface area contributed by atoms with E-state index >= 15 is 0 Å². The number of carbonyl (C=O) groups is 2. The van der Waals surface area contributed by atoms with E-state index in [1.807, 2.05) is 61.7 Å². The number of nitrogens with zero attached hydrogens (tertiary/aromatic N) is 1. The molecule has 3 rings (SSSR count). The highest BCUT2D eigenvalue weighted by Gasteiger charge is 2.42. The Morgan fingerprint density at radius 3 is 2.68 bits per heavy atom. The van der Waals surface area contributed by atoms with Crippen molar-refractivity contribution in [1.29, 1.82) is 0 Å². The van der Waals surface area contributed by atoms with Gasteiger partial charge in [-0.3, -0.25) is 9.59 Å². The maximum absolute atomic E-state index is 12.8. The molecule has 1 saturated heterocycles. The fourth-order valence-corrected chi connectivity index (χ4v) is 3.77. The van der Waals surface area contributed by atoms with Gasteiger partial charge in [0.15, 0.2) is 6.10 Å². The minimum Gasteiger partial charge on any atom is -0.356 e. The first-order valence-electron chi connectivity index (χ1n) is 8.35. The second-order valence-corrected chi connectivity index (χ2v) is 7.31. The summed E-state index contributed by atoms with van der Waals surface area (Å²) < 4.78 is 5.67. The fraction of sp³-hybridized carbons (Fsp3) is 0.368. The lowest BCUT2D eigenvalue weighted by molar-refractivity contribution is -0.167. The molecule has 0 spiro atoms. The third kappa shape index (κ3) is 3.91. The Morgan fingerprint density at radius 2 is 2.04 bits per heavy atom. The molecule has 2 heterocycles. The number of thiophene rings is 1. The van der Waals surface area contributed by atoms with Crippen LogP contribution < -0.4 is 5.32 Å². The van der Waals surface area contributed by atoms with Crippen LogP contribution in [0.3, 0.4) is 0 Å². The number of morpholine rings is 1. The molecule has 1 aromatic carbocycles. The van der Waals surface area contributed by atoms with Crippen LogP contribution in [0.25, 0.3) is 0 Å². The van der Waals surface area contributed by atoms with Crippen LogP contribution in [0.15, 0.2) is 47.8 Å². The van der Waals surface area contributed by atoms with E-state index in [1.165, 1.54) is 0 Å². The van der Waals surface area contributed by atoms with Gasteiger partial charge in [0.25, 0.3) is 5.91 Å². The molecule has 1 aliphatic heterocycles. The Bertz CT molecular complexity index is 716. The second kappa shape index (κ2) is 7.80. The first kappa shape index (κ1) is 17.6. The monoisotopic (exact) mass is 358 g/mol. The number of carbonyl (C=O) groups excluding carboxylic acids is 2. The summed E-state index contributed by atoms with van der Waals surface area (Å²) in [5, 5.41) is 4.91. The van der Waals surface area contributed by atoms with E-state index in [9.17, 15) is 9.59 Å². The van der Waals surface area contributed by atoms with Crippen molar-refractivity contribution in [2.75, 3.05) is 6.61 Å². The van der Waals surface area contributed by atoms with Crippen molar-refractivity contribution in [3.63, 3.8) is 0 Å². The molecule has 0 saturated carbocycles. The van der Waals surface area contributed by atoms with Gasteiger partial charge in [0.2, 0.25) is 5.91 Å². The Hall–Kier alpha value is -2.18. The second-order valence-electron chi connectivity index (χ2n) is 6.28. The Balaban J connectivity index is 1.84. The third-order valence-corrected chi connectivity index (χ3v) is 5.11. The van der Waals surface area contributed by atoms with Gasteiger partial charge >= 0.3 is 0 Å². The first-order chi connectivity index (χ1) is 12.1. The standard InChI is InChI=1S/C19H22N2O3S/c1-13(2)21-16(22)12-24-18(17(21)14-7-4-3-5-8-14)19(23)20-11-15-9-6-10-25-15/h3-10,13,17-18H,11-12H2,1-2H3,(H,20,23)/t17-,18+/m1/s1. The van der Waals surface area contributed by atoms with Crippen LogP contribution in [0, 0.1) is 0 Å². The minimum absolute atomic E-state index is 0.0193. The molecule has 1 aromatic heterocycles. The van der Waals surface area contributed by atoms with Crippen LogP contribution in [-0.2, 0) is 20.9 Å². The first-order valence-corrected chi connectivity index (χ1v) is 9.23. The highest BCUT2D eigenvalue weighted by molar-refractivity contribution is 7.09. The zero-order valence-electron chi connectivity index (χ0n) is 14.3. The molecule has 2 atom stereocenters. The van der Waals surface area contributed by atoms with Gasteiger partial charge in [-0.1, -0.05) is 36.4 Å². The highest BCUT2D eigenvalue weighted by Crippen LogP contribution is 2.32. The summed E-state index contributed by atoms with van der Waals surface area (Å²) in [6, 6.07) is 13.1. The maximum Gasteiger partial charge on any atom is 0.251 e. The largest absolute Gasteiger partial charge is 0.356 e. The number of benzene rings is 1. The quantitative estimate of drug-likeness (QED) is 0.894. The molecule has 0 radical (unpaired) electrons. The molecule has 1 aliphatic rings. The molecular weight excluding hydrogens is 336 g/mol. The summed E-state index contributed by atoms with van der Waals surface area (Å²) in [6.07, 6.45) is -0.720. The van der Waals surface area contributed by atoms with Crippen molar-refractivity contribution in [3.8, 4) is 0 Å². The lowest BCUT2D eigenvalue weighted by Gasteiger charge is -2.42. The van der Waals surface area contributed by atoms with Gasteiger partial charge in [0.05, 0.1) is 12.6 Å². The smallest absolute Gasteiger partial charge is 0.251 e. The van der Waals surface area contributed by atoms with Crippen molar-refractivity contribution in [2.45, 2.75) is 38.6 Å². The Labute approximate surface area is 151 Å². The van der Waals surface area contributed by atoms with E-state index in [0.717, 1.165) is 10.4 Å². The molecule has 25 heavy (non-hydrogen) atoms. The van der Waals surface area contributed by atoms with Gasteiger partial charge in [-0.25, -0.2) is 0 Å². The molecule has 0 unspecified atom stereocenters. The number of rotatable bonds is 5. The van der Waals surface area contributed by atoms with Crippen LogP contribution in [0.1, 0.15) is 30.3 Å². The highest BCUT2D eigenvalue weighted by atomic mass is 32.1. The molecule has 0 bridgehead atoms. The molecule has 132 valence electrons.